The second-order valence-corrected chi connectivity index (χ2v) is 5.39. The van der Waals surface area contributed by atoms with Gasteiger partial charge in [0.25, 0.3) is 5.91 Å². The third kappa shape index (κ3) is 5.63. The Kier molecular flexibility index (Phi) is 7.02. The summed E-state index contributed by atoms with van der Waals surface area (Å²) in [5.41, 5.74) is 0.960. The predicted molar refractivity (Wildman–Crippen MR) is 83.7 cm³/mol. The van der Waals surface area contributed by atoms with Gasteiger partial charge in [0.15, 0.2) is 6.61 Å². The largest absolute Gasteiger partial charge is 0.497 e. The number of rotatable bonds is 8. The monoisotopic (exact) mass is 294 g/mol. The highest BCUT2D eigenvalue weighted by atomic mass is 16.5. The lowest BCUT2D eigenvalue weighted by molar-refractivity contribution is -0.124. The number of carbonyl (C=O) groups excluding carboxylic acids is 1. The highest BCUT2D eigenvalue weighted by Crippen LogP contribution is 2.24. The van der Waals surface area contributed by atoms with Gasteiger partial charge in [-0.05, 0) is 38.1 Å². The summed E-state index contributed by atoms with van der Waals surface area (Å²) < 4.78 is 10.8. The minimum atomic E-state index is -0.109. The van der Waals surface area contributed by atoms with Crippen LogP contribution in [0.2, 0.25) is 0 Å². The van der Waals surface area contributed by atoms with Gasteiger partial charge in [-0.2, -0.15) is 0 Å². The molecule has 0 aliphatic rings. The molecule has 1 amide bonds. The molecule has 0 heterocycles. The van der Waals surface area contributed by atoms with Gasteiger partial charge in [0, 0.05) is 18.2 Å². The number of carbonyl (C=O) groups is 1. The number of benzene rings is 1. The number of hydrogen-bond donors (Lipinski definition) is 2. The summed E-state index contributed by atoms with van der Waals surface area (Å²) in [7, 11) is 3.49. The van der Waals surface area contributed by atoms with Gasteiger partial charge in [-0.3, -0.25) is 4.79 Å². The van der Waals surface area contributed by atoms with Crippen LogP contribution in [-0.4, -0.2) is 32.7 Å². The molecule has 5 nitrogen and oxygen atoms in total. The van der Waals surface area contributed by atoms with E-state index in [-0.39, 0.29) is 18.6 Å². The second kappa shape index (κ2) is 8.52. The second-order valence-electron chi connectivity index (χ2n) is 5.39. The van der Waals surface area contributed by atoms with E-state index in [2.05, 4.69) is 24.5 Å². The van der Waals surface area contributed by atoms with Crippen molar-refractivity contribution in [2.24, 2.45) is 5.92 Å². The normalized spacial score (nSPS) is 12.1. The van der Waals surface area contributed by atoms with E-state index in [1.807, 2.05) is 32.2 Å². The maximum atomic E-state index is 11.8. The first-order valence-electron chi connectivity index (χ1n) is 7.21. The topological polar surface area (TPSA) is 59.6 Å². The highest BCUT2D eigenvalue weighted by molar-refractivity contribution is 5.77. The molecule has 2 N–H and O–H groups in total. The first kappa shape index (κ1) is 17.3. The molecule has 1 rings (SSSR count). The summed E-state index contributed by atoms with van der Waals surface area (Å²) in [6.45, 7) is 6.79. The standard InChI is InChI=1S/C16H26N2O3/c1-11(2)12(3)18-16(19)10-21-15-7-6-14(20-5)8-13(15)9-17-4/h6-8,11-12,17H,9-10H2,1-5H3,(H,18,19). The Bertz CT molecular complexity index is 461. The fourth-order valence-corrected chi connectivity index (χ4v) is 1.76. The zero-order valence-electron chi connectivity index (χ0n) is 13.5. The van der Waals surface area contributed by atoms with Crippen LogP contribution in [0.15, 0.2) is 18.2 Å². The summed E-state index contributed by atoms with van der Waals surface area (Å²) in [6, 6.07) is 5.68. The lowest BCUT2D eigenvalue weighted by Crippen LogP contribution is -2.39. The number of ether oxygens (including phenoxy) is 2. The van der Waals surface area contributed by atoms with E-state index >= 15 is 0 Å². The molecule has 0 radical (unpaired) electrons. The van der Waals surface area contributed by atoms with Gasteiger partial charge >= 0.3 is 0 Å². The summed E-state index contributed by atoms with van der Waals surface area (Å²) in [5, 5.41) is 5.99. The first-order chi connectivity index (χ1) is 9.97. The molecule has 0 spiro atoms. The highest BCUT2D eigenvalue weighted by Gasteiger charge is 2.12. The van der Waals surface area contributed by atoms with Crippen molar-refractivity contribution in [1.82, 2.24) is 10.6 Å². The molecule has 0 aromatic heterocycles. The molecular weight excluding hydrogens is 268 g/mol. The molecule has 1 aromatic carbocycles. The van der Waals surface area contributed by atoms with Crippen molar-refractivity contribution in [3.63, 3.8) is 0 Å². The molecule has 0 aliphatic heterocycles. The molecular formula is C16H26N2O3. The Hall–Kier alpha value is -1.75. The maximum Gasteiger partial charge on any atom is 0.258 e. The Morgan fingerprint density at radius 3 is 2.57 bits per heavy atom. The minimum absolute atomic E-state index is 0.0140. The first-order valence-corrected chi connectivity index (χ1v) is 7.21. The summed E-state index contributed by atoms with van der Waals surface area (Å²) in [5.74, 6) is 1.75. The van der Waals surface area contributed by atoms with E-state index in [4.69, 9.17) is 9.47 Å². The van der Waals surface area contributed by atoms with Crippen LogP contribution < -0.4 is 20.1 Å². The van der Waals surface area contributed by atoms with Crippen molar-refractivity contribution in [3.05, 3.63) is 23.8 Å². The van der Waals surface area contributed by atoms with Gasteiger partial charge in [0.2, 0.25) is 0 Å². The van der Waals surface area contributed by atoms with Gasteiger partial charge in [-0.15, -0.1) is 0 Å². The van der Waals surface area contributed by atoms with Crippen LogP contribution in [0.1, 0.15) is 26.3 Å². The van der Waals surface area contributed by atoms with Crippen LogP contribution in [0.4, 0.5) is 0 Å². The van der Waals surface area contributed by atoms with Gasteiger partial charge in [0.1, 0.15) is 11.5 Å². The van der Waals surface area contributed by atoms with Gasteiger partial charge in [-0.1, -0.05) is 13.8 Å². The van der Waals surface area contributed by atoms with E-state index in [1.165, 1.54) is 0 Å². The Labute approximate surface area is 127 Å². The number of hydrogen-bond acceptors (Lipinski definition) is 4. The van der Waals surface area contributed by atoms with Crippen LogP contribution in [0.25, 0.3) is 0 Å². The summed E-state index contributed by atoms with van der Waals surface area (Å²) >= 11 is 0. The minimum Gasteiger partial charge on any atom is -0.497 e. The molecule has 1 unspecified atom stereocenters. The number of nitrogens with one attached hydrogen (secondary N) is 2. The van der Waals surface area contributed by atoms with Crippen molar-refractivity contribution in [3.8, 4) is 11.5 Å². The maximum absolute atomic E-state index is 11.8. The molecule has 5 heteroatoms. The third-order valence-electron chi connectivity index (χ3n) is 3.38. The van der Waals surface area contributed by atoms with Crippen molar-refractivity contribution in [2.75, 3.05) is 20.8 Å². The van der Waals surface area contributed by atoms with Gasteiger partial charge in [0.05, 0.1) is 7.11 Å². The Balaban J connectivity index is 2.63. The molecule has 0 fully saturated rings. The molecule has 1 atom stereocenters. The van der Waals surface area contributed by atoms with Crippen molar-refractivity contribution >= 4 is 5.91 Å². The van der Waals surface area contributed by atoms with Gasteiger partial charge in [-0.25, -0.2) is 0 Å². The van der Waals surface area contributed by atoms with Gasteiger partial charge < -0.3 is 20.1 Å². The van der Waals surface area contributed by atoms with E-state index in [1.54, 1.807) is 7.11 Å². The van der Waals surface area contributed by atoms with Crippen molar-refractivity contribution in [1.29, 1.82) is 0 Å². The summed E-state index contributed by atoms with van der Waals surface area (Å²) in [4.78, 5) is 11.8. The Morgan fingerprint density at radius 1 is 1.29 bits per heavy atom. The molecule has 0 bridgehead atoms. The Morgan fingerprint density at radius 2 is 2.00 bits per heavy atom. The smallest absolute Gasteiger partial charge is 0.258 e. The average Bonchev–Trinajstić information content (AvgIpc) is 2.46. The fourth-order valence-electron chi connectivity index (χ4n) is 1.76. The quantitative estimate of drug-likeness (QED) is 0.769. The molecule has 21 heavy (non-hydrogen) atoms. The average molecular weight is 294 g/mol. The zero-order valence-corrected chi connectivity index (χ0v) is 13.5. The SMILES string of the molecule is CNCc1cc(OC)ccc1OCC(=O)NC(C)C(C)C. The van der Waals surface area contributed by atoms with E-state index in [0.717, 1.165) is 11.3 Å². The van der Waals surface area contributed by atoms with Crippen LogP contribution in [0.5, 0.6) is 11.5 Å². The molecule has 0 saturated heterocycles. The number of methoxy groups -OCH3 is 1. The fraction of sp³-hybridized carbons (Fsp3) is 0.562. The van der Waals surface area contributed by atoms with Crippen molar-refractivity contribution < 1.29 is 14.3 Å². The van der Waals surface area contributed by atoms with E-state index in [9.17, 15) is 4.79 Å². The lowest BCUT2D eigenvalue weighted by Gasteiger charge is -2.18. The zero-order chi connectivity index (χ0) is 15.8. The third-order valence-corrected chi connectivity index (χ3v) is 3.38. The predicted octanol–water partition coefficient (Wildman–Crippen LogP) is 1.95. The molecule has 1 aromatic rings. The van der Waals surface area contributed by atoms with Crippen LogP contribution in [0.3, 0.4) is 0 Å². The van der Waals surface area contributed by atoms with Crippen molar-refractivity contribution in [2.45, 2.75) is 33.4 Å². The summed E-state index contributed by atoms with van der Waals surface area (Å²) in [6.07, 6.45) is 0. The van der Waals surface area contributed by atoms with Crippen LogP contribution >= 0.6 is 0 Å². The van der Waals surface area contributed by atoms with Crippen LogP contribution in [-0.2, 0) is 11.3 Å². The molecule has 118 valence electrons. The molecule has 0 saturated carbocycles. The van der Waals surface area contributed by atoms with Crippen LogP contribution in [0, 0.1) is 5.92 Å². The lowest BCUT2D eigenvalue weighted by atomic mass is 10.1. The molecule has 0 aliphatic carbocycles. The van der Waals surface area contributed by atoms with E-state index in [0.29, 0.717) is 18.2 Å². The van der Waals surface area contributed by atoms with E-state index < -0.39 is 0 Å². The number of amides is 1.